The molecule has 0 aliphatic rings. The van der Waals surface area contributed by atoms with Crippen LogP contribution in [0.15, 0.2) is 29.2 Å². The lowest BCUT2D eigenvalue weighted by Gasteiger charge is -2.19. The van der Waals surface area contributed by atoms with Crippen molar-refractivity contribution in [1.29, 1.82) is 0 Å². The molecule has 1 atom stereocenters. The molecule has 16 heavy (non-hydrogen) atoms. The van der Waals surface area contributed by atoms with E-state index in [1.54, 1.807) is 0 Å². The van der Waals surface area contributed by atoms with Crippen LogP contribution >= 0.6 is 0 Å². The molecule has 0 N–H and O–H groups in total. The molecule has 0 heterocycles. The first-order chi connectivity index (χ1) is 7.69. The molecule has 3 heteroatoms. The second-order valence-electron chi connectivity index (χ2n) is 3.99. The third kappa shape index (κ3) is 3.72. The molecule has 0 radical (unpaired) electrons. The van der Waals surface area contributed by atoms with Gasteiger partial charge in [0.2, 0.25) is 0 Å². The average Bonchev–Trinajstić information content (AvgIpc) is 2.29. The molecule has 0 aliphatic carbocycles. The first-order valence-electron chi connectivity index (χ1n) is 5.92. The highest BCUT2D eigenvalue weighted by Gasteiger charge is 2.12. The maximum atomic E-state index is 12.3. The third-order valence-corrected chi connectivity index (χ3v) is 3.91. The smallest absolute Gasteiger partial charge is 0.127 e. The van der Waals surface area contributed by atoms with Gasteiger partial charge in [0, 0.05) is 13.1 Å². The molecule has 1 rings (SSSR count). The molecule has 0 saturated heterocycles. The SMILES string of the molecule is CCCN(CCC)S(=O)c1ccc(C)cc1. The van der Waals surface area contributed by atoms with Crippen LogP contribution in [-0.4, -0.2) is 21.6 Å². The number of hydrogen-bond acceptors (Lipinski definition) is 1. The maximum Gasteiger partial charge on any atom is 0.127 e. The van der Waals surface area contributed by atoms with Crippen LogP contribution in [0.4, 0.5) is 0 Å². The quantitative estimate of drug-likeness (QED) is 0.747. The molecule has 90 valence electrons. The Labute approximate surface area is 101 Å². The summed E-state index contributed by atoms with van der Waals surface area (Å²) in [5.74, 6) is 0. The zero-order valence-corrected chi connectivity index (χ0v) is 11.2. The monoisotopic (exact) mass is 239 g/mol. The number of nitrogens with zero attached hydrogens (tertiary/aromatic N) is 1. The van der Waals surface area contributed by atoms with E-state index in [9.17, 15) is 4.21 Å². The second-order valence-corrected chi connectivity index (χ2v) is 5.48. The average molecular weight is 239 g/mol. The Morgan fingerprint density at radius 1 is 1.06 bits per heavy atom. The molecule has 0 aromatic heterocycles. The van der Waals surface area contributed by atoms with Gasteiger partial charge < -0.3 is 0 Å². The Morgan fingerprint density at radius 2 is 1.56 bits per heavy atom. The first kappa shape index (κ1) is 13.4. The molecular weight excluding hydrogens is 218 g/mol. The fraction of sp³-hybridized carbons (Fsp3) is 0.538. The summed E-state index contributed by atoms with van der Waals surface area (Å²) in [5, 5.41) is 0. The second kappa shape index (κ2) is 6.81. The van der Waals surface area contributed by atoms with E-state index in [0.717, 1.165) is 30.8 Å². The van der Waals surface area contributed by atoms with E-state index in [1.807, 2.05) is 35.5 Å². The summed E-state index contributed by atoms with van der Waals surface area (Å²) in [7, 11) is -0.996. The lowest BCUT2D eigenvalue weighted by molar-refractivity contribution is 0.442. The van der Waals surface area contributed by atoms with Crippen molar-refractivity contribution in [2.45, 2.75) is 38.5 Å². The summed E-state index contributed by atoms with van der Waals surface area (Å²) in [5.41, 5.74) is 1.21. The van der Waals surface area contributed by atoms with Crippen LogP contribution in [0.2, 0.25) is 0 Å². The van der Waals surface area contributed by atoms with E-state index < -0.39 is 11.0 Å². The summed E-state index contributed by atoms with van der Waals surface area (Å²) in [6.07, 6.45) is 2.08. The maximum absolute atomic E-state index is 12.3. The standard InChI is InChI=1S/C13H21NOS/c1-4-10-14(11-5-2)16(15)13-8-6-12(3)7-9-13/h6-9H,4-5,10-11H2,1-3H3. The highest BCUT2D eigenvalue weighted by molar-refractivity contribution is 7.82. The van der Waals surface area contributed by atoms with Crippen molar-refractivity contribution in [2.75, 3.05) is 13.1 Å². The fourth-order valence-corrected chi connectivity index (χ4v) is 2.94. The van der Waals surface area contributed by atoms with Crippen molar-refractivity contribution in [2.24, 2.45) is 0 Å². The topological polar surface area (TPSA) is 20.3 Å². The van der Waals surface area contributed by atoms with Gasteiger partial charge >= 0.3 is 0 Å². The van der Waals surface area contributed by atoms with Gasteiger partial charge in [0.15, 0.2) is 0 Å². The van der Waals surface area contributed by atoms with Crippen molar-refractivity contribution in [3.63, 3.8) is 0 Å². The van der Waals surface area contributed by atoms with Crippen LogP contribution in [0.25, 0.3) is 0 Å². The van der Waals surface area contributed by atoms with Crippen molar-refractivity contribution in [3.8, 4) is 0 Å². The van der Waals surface area contributed by atoms with Crippen LogP contribution in [0.5, 0.6) is 0 Å². The van der Waals surface area contributed by atoms with Gasteiger partial charge in [-0.25, -0.2) is 8.51 Å². The minimum absolute atomic E-state index is 0.897. The largest absolute Gasteiger partial charge is 0.237 e. The highest BCUT2D eigenvalue weighted by Crippen LogP contribution is 2.12. The predicted molar refractivity (Wildman–Crippen MR) is 69.7 cm³/mol. The van der Waals surface area contributed by atoms with Crippen LogP contribution in [0.3, 0.4) is 0 Å². The van der Waals surface area contributed by atoms with E-state index in [4.69, 9.17) is 0 Å². The molecule has 0 saturated carbocycles. The zero-order valence-electron chi connectivity index (χ0n) is 10.4. The predicted octanol–water partition coefficient (Wildman–Crippen LogP) is 3.14. The van der Waals surface area contributed by atoms with Gasteiger partial charge in [0.25, 0.3) is 0 Å². The van der Waals surface area contributed by atoms with Crippen molar-refractivity contribution in [1.82, 2.24) is 4.31 Å². The van der Waals surface area contributed by atoms with Crippen molar-refractivity contribution in [3.05, 3.63) is 29.8 Å². The lowest BCUT2D eigenvalue weighted by Crippen LogP contribution is -2.27. The van der Waals surface area contributed by atoms with Gasteiger partial charge in [0.1, 0.15) is 11.0 Å². The van der Waals surface area contributed by atoms with E-state index in [-0.39, 0.29) is 0 Å². The zero-order chi connectivity index (χ0) is 12.0. The Morgan fingerprint density at radius 3 is 2.00 bits per heavy atom. The minimum Gasteiger partial charge on any atom is -0.237 e. The van der Waals surface area contributed by atoms with Gasteiger partial charge in [0.05, 0.1) is 4.90 Å². The Kier molecular flexibility index (Phi) is 5.71. The van der Waals surface area contributed by atoms with Gasteiger partial charge in [-0.05, 0) is 31.9 Å². The fourth-order valence-electron chi connectivity index (χ4n) is 1.58. The molecule has 0 fully saturated rings. The molecule has 2 nitrogen and oxygen atoms in total. The van der Waals surface area contributed by atoms with Gasteiger partial charge in [-0.3, -0.25) is 0 Å². The van der Waals surface area contributed by atoms with Crippen LogP contribution in [-0.2, 0) is 11.0 Å². The Balaban J connectivity index is 2.77. The van der Waals surface area contributed by atoms with Crippen LogP contribution in [0, 0.1) is 6.92 Å². The lowest BCUT2D eigenvalue weighted by atomic mass is 10.2. The summed E-state index contributed by atoms with van der Waals surface area (Å²) in [4.78, 5) is 0.910. The highest BCUT2D eigenvalue weighted by atomic mass is 32.2. The third-order valence-electron chi connectivity index (χ3n) is 2.40. The van der Waals surface area contributed by atoms with E-state index in [0.29, 0.717) is 0 Å². The van der Waals surface area contributed by atoms with E-state index in [2.05, 4.69) is 13.8 Å². The van der Waals surface area contributed by atoms with Crippen LogP contribution < -0.4 is 0 Å². The van der Waals surface area contributed by atoms with Crippen molar-refractivity contribution >= 4 is 11.0 Å². The molecule has 0 spiro atoms. The molecule has 1 aromatic rings. The summed E-state index contributed by atoms with van der Waals surface area (Å²) in [6.45, 7) is 8.08. The van der Waals surface area contributed by atoms with Crippen molar-refractivity contribution < 1.29 is 4.21 Å². The molecule has 1 unspecified atom stereocenters. The van der Waals surface area contributed by atoms with E-state index in [1.165, 1.54) is 5.56 Å². The molecule has 0 amide bonds. The van der Waals surface area contributed by atoms with E-state index >= 15 is 0 Å². The summed E-state index contributed by atoms with van der Waals surface area (Å²) in [6, 6.07) is 7.96. The molecule has 0 bridgehead atoms. The number of aryl methyl sites for hydroxylation is 1. The number of benzene rings is 1. The molecular formula is C13H21NOS. The Bertz CT molecular complexity index is 328. The number of hydrogen-bond donors (Lipinski definition) is 0. The van der Waals surface area contributed by atoms with Gasteiger partial charge in [-0.1, -0.05) is 31.5 Å². The Hall–Kier alpha value is -0.670. The van der Waals surface area contributed by atoms with Crippen LogP contribution in [0.1, 0.15) is 32.3 Å². The summed E-state index contributed by atoms with van der Waals surface area (Å²) >= 11 is 0. The van der Waals surface area contributed by atoms with Gasteiger partial charge in [-0.2, -0.15) is 0 Å². The normalized spacial score (nSPS) is 13.0. The minimum atomic E-state index is -0.996. The molecule has 1 aromatic carbocycles. The molecule has 0 aliphatic heterocycles. The summed E-state index contributed by atoms with van der Waals surface area (Å²) < 4.78 is 14.3. The number of rotatable bonds is 6. The van der Waals surface area contributed by atoms with Gasteiger partial charge in [-0.15, -0.1) is 0 Å². The first-order valence-corrected chi connectivity index (χ1v) is 7.03.